The Morgan fingerprint density at radius 2 is 2.00 bits per heavy atom. The number of furan rings is 1. The zero-order valence-corrected chi connectivity index (χ0v) is 13.3. The Morgan fingerprint density at radius 3 is 2.48 bits per heavy atom. The second-order valence-corrected chi connectivity index (χ2v) is 5.98. The number of rotatable bonds is 6. The van der Waals surface area contributed by atoms with E-state index < -0.39 is 17.9 Å². The van der Waals surface area contributed by atoms with Crippen molar-refractivity contribution in [2.75, 3.05) is 6.54 Å². The van der Waals surface area contributed by atoms with Gasteiger partial charge in [-0.05, 0) is 46.4 Å². The number of carbonyl (C=O) groups is 2. The molecule has 0 bridgehead atoms. The summed E-state index contributed by atoms with van der Waals surface area (Å²) in [6, 6.07) is 2.36. The van der Waals surface area contributed by atoms with Crippen LogP contribution < -0.4 is 5.32 Å². The minimum absolute atomic E-state index is 0.00177. The molecule has 0 saturated heterocycles. The maximum atomic E-state index is 11.8. The molecule has 0 aliphatic carbocycles. The van der Waals surface area contributed by atoms with Crippen LogP contribution in [-0.2, 0) is 11.3 Å². The standard InChI is InChI=1S/C15H24N2O4/c1-6-17(15(3,4)5)9-11-7-8-12(21-11)13(18)16-10(2)14(19)20/h7-8,10H,6,9H2,1-5H3,(H,16,18)(H,19,20). The van der Waals surface area contributed by atoms with Gasteiger partial charge in [-0.2, -0.15) is 0 Å². The molecule has 1 rings (SSSR count). The van der Waals surface area contributed by atoms with Gasteiger partial charge in [0.1, 0.15) is 11.8 Å². The van der Waals surface area contributed by atoms with Crippen LogP contribution in [0.25, 0.3) is 0 Å². The lowest BCUT2D eigenvalue weighted by molar-refractivity contribution is -0.138. The fourth-order valence-corrected chi connectivity index (χ4v) is 1.93. The van der Waals surface area contributed by atoms with Crippen molar-refractivity contribution in [1.82, 2.24) is 10.2 Å². The van der Waals surface area contributed by atoms with Gasteiger partial charge in [-0.25, -0.2) is 0 Å². The number of carboxylic acid groups (broad SMARTS) is 1. The number of carbonyl (C=O) groups excluding carboxylic acids is 1. The van der Waals surface area contributed by atoms with Gasteiger partial charge in [0.05, 0.1) is 6.54 Å². The maximum absolute atomic E-state index is 11.8. The number of carboxylic acids is 1. The van der Waals surface area contributed by atoms with E-state index in [2.05, 4.69) is 37.9 Å². The summed E-state index contributed by atoms with van der Waals surface area (Å²) in [7, 11) is 0. The number of hydrogen-bond donors (Lipinski definition) is 2. The second kappa shape index (κ2) is 6.76. The molecule has 118 valence electrons. The van der Waals surface area contributed by atoms with Gasteiger partial charge in [0.15, 0.2) is 5.76 Å². The van der Waals surface area contributed by atoms with Crippen LogP contribution in [0.3, 0.4) is 0 Å². The summed E-state index contributed by atoms with van der Waals surface area (Å²) in [6.45, 7) is 11.3. The van der Waals surface area contributed by atoms with Gasteiger partial charge in [0.2, 0.25) is 0 Å². The van der Waals surface area contributed by atoms with E-state index in [1.807, 2.05) is 0 Å². The zero-order valence-electron chi connectivity index (χ0n) is 13.3. The number of aliphatic carboxylic acids is 1. The summed E-state index contributed by atoms with van der Waals surface area (Å²) in [6.07, 6.45) is 0. The molecular weight excluding hydrogens is 272 g/mol. The highest BCUT2D eigenvalue weighted by Gasteiger charge is 2.22. The molecular formula is C15H24N2O4. The number of hydrogen-bond acceptors (Lipinski definition) is 4. The van der Waals surface area contributed by atoms with Crippen LogP contribution in [0.2, 0.25) is 0 Å². The maximum Gasteiger partial charge on any atom is 0.325 e. The zero-order chi connectivity index (χ0) is 16.2. The molecule has 6 nitrogen and oxygen atoms in total. The molecule has 2 N–H and O–H groups in total. The molecule has 1 aromatic heterocycles. The molecule has 0 radical (unpaired) electrons. The first-order chi connectivity index (χ1) is 9.65. The Hall–Kier alpha value is -1.82. The average Bonchev–Trinajstić information content (AvgIpc) is 2.82. The van der Waals surface area contributed by atoms with Crippen LogP contribution in [0.15, 0.2) is 16.5 Å². The van der Waals surface area contributed by atoms with Gasteiger partial charge >= 0.3 is 5.97 Å². The van der Waals surface area contributed by atoms with Crippen LogP contribution in [0.5, 0.6) is 0 Å². The van der Waals surface area contributed by atoms with Crippen LogP contribution in [-0.4, -0.2) is 40.0 Å². The van der Waals surface area contributed by atoms with E-state index in [0.717, 1.165) is 6.54 Å². The Labute approximate surface area is 125 Å². The van der Waals surface area contributed by atoms with Crippen LogP contribution in [0.4, 0.5) is 0 Å². The van der Waals surface area contributed by atoms with Gasteiger partial charge in [0, 0.05) is 5.54 Å². The predicted molar refractivity (Wildman–Crippen MR) is 79.1 cm³/mol. The normalized spacial score (nSPS) is 13.2. The van der Waals surface area contributed by atoms with E-state index in [9.17, 15) is 9.59 Å². The first-order valence-electron chi connectivity index (χ1n) is 7.02. The fraction of sp³-hybridized carbons (Fsp3) is 0.600. The van der Waals surface area contributed by atoms with Crippen molar-refractivity contribution < 1.29 is 19.1 Å². The molecule has 1 aromatic rings. The molecule has 0 aliphatic heterocycles. The highest BCUT2D eigenvalue weighted by atomic mass is 16.4. The second-order valence-electron chi connectivity index (χ2n) is 5.98. The smallest absolute Gasteiger partial charge is 0.325 e. The van der Waals surface area contributed by atoms with E-state index in [-0.39, 0.29) is 11.3 Å². The summed E-state index contributed by atoms with van der Waals surface area (Å²) < 4.78 is 5.51. The first-order valence-corrected chi connectivity index (χ1v) is 7.02. The minimum Gasteiger partial charge on any atom is -0.480 e. The number of amides is 1. The van der Waals surface area contributed by atoms with Gasteiger partial charge in [0.25, 0.3) is 5.91 Å². The molecule has 1 heterocycles. The van der Waals surface area contributed by atoms with Crippen molar-refractivity contribution >= 4 is 11.9 Å². The first kappa shape index (κ1) is 17.2. The lowest BCUT2D eigenvalue weighted by atomic mass is 10.1. The fourth-order valence-electron chi connectivity index (χ4n) is 1.93. The average molecular weight is 296 g/mol. The molecule has 21 heavy (non-hydrogen) atoms. The van der Waals surface area contributed by atoms with E-state index in [0.29, 0.717) is 12.3 Å². The highest BCUT2D eigenvalue weighted by molar-refractivity contribution is 5.94. The van der Waals surface area contributed by atoms with Crippen LogP contribution in [0.1, 0.15) is 50.9 Å². The van der Waals surface area contributed by atoms with Crippen molar-refractivity contribution in [3.8, 4) is 0 Å². The van der Waals surface area contributed by atoms with Crippen molar-refractivity contribution in [1.29, 1.82) is 0 Å². The van der Waals surface area contributed by atoms with Gasteiger partial charge < -0.3 is 14.8 Å². The van der Waals surface area contributed by atoms with E-state index in [4.69, 9.17) is 9.52 Å². The van der Waals surface area contributed by atoms with Crippen molar-refractivity contribution in [2.24, 2.45) is 0 Å². The number of nitrogens with one attached hydrogen (secondary N) is 1. The molecule has 1 amide bonds. The lowest BCUT2D eigenvalue weighted by Gasteiger charge is -2.33. The highest BCUT2D eigenvalue weighted by Crippen LogP contribution is 2.18. The molecule has 0 saturated carbocycles. The predicted octanol–water partition coefficient (Wildman–Crippen LogP) is 2.10. The quantitative estimate of drug-likeness (QED) is 0.840. The van der Waals surface area contributed by atoms with Crippen molar-refractivity contribution in [2.45, 2.75) is 52.7 Å². The Kier molecular flexibility index (Phi) is 5.54. The monoisotopic (exact) mass is 296 g/mol. The van der Waals surface area contributed by atoms with Gasteiger partial charge in [-0.1, -0.05) is 6.92 Å². The molecule has 1 atom stereocenters. The van der Waals surface area contributed by atoms with E-state index >= 15 is 0 Å². The van der Waals surface area contributed by atoms with Crippen molar-refractivity contribution in [3.63, 3.8) is 0 Å². The molecule has 0 fully saturated rings. The largest absolute Gasteiger partial charge is 0.480 e. The van der Waals surface area contributed by atoms with Gasteiger partial charge in [-0.3, -0.25) is 14.5 Å². The lowest BCUT2D eigenvalue weighted by Crippen LogP contribution is -2.40. The third-order valence-corrected chi connectivity index (χ3v) is 3.28. The molecule has 0 aliphatic rings. The third-order valence-electron chi connectivity index (χ3n) is 3.28. The molecule has 0 spiro atoms. The molecule has 0 aromatic carbocycles. The van der Waals surface area contributed by atoms with Crippen LogP contribution in [0, 0.1) is 0 Å². The SMILES string of the molecule is CCN(Cc1ccc(C(=O)NC(C)C(=O)O)o1)C(C)(C)C. The number of nitrogens with zero attached hydrogens (tertiary/aromatic N) is 1. The Bertz CT molecular complexity index is 502. The minimum atomic E-state index is -1.08. The van der Waals surface area contributed by atoms with E-state index in [1.54, 1.807) is 12.1 Å². The summed E-state index contributed by atoms with van der Waals surface area (Å²) in [5, 5.41) is 11.1. The Balaban J connectivity index is 2.73. The van der Waals surface area contributed by atoms with E-state index in [1.165, 1.54) is 6.92 Å². The molecule has 6 heteroatoms. The topological polar surface area (TPSA) is 82.8 Å². The van der Waals surface area contributed by atoms with Gasteiger partial charge in [-0.15, -0.1) is 0 Å². The summed E-state index contributed by atoms with van der Waals surface area (Å²) in [5.41, 5.74) is 0.00177. The Morgan fingerprint density at radius 1 is 1.38 bits per heavy atom. The third kappa shape index (κ3) is 4.90. The summed E-state index contributed by atoms with van der Waals surface area (Å²) >= 11 is 0. The van der Waals surface area contributed by atoms with Crippen molar-refractivity contribution in [3.05, 3.63) is 23.7 Å². The molecule has 1 unspecified atom stereocenters. The summed E-state index contributed by atoms with van der Waals surface area (Å²) in [4.78, 5) is 24.8. The summed E-state index contributed by atoms with van der Waals surface area (Å²) in [5.74, 6) is -0.794. The van der Waals surface area contributed by atoms with Crippen LogP contribution >= 0.6 is 0 Å².